The Morgan fingerprint density at radius 1 is 0.925 bits per heavy atom. The fourth-order valence-corrected chi connectivity index (χ4v) is 5.52. The van der Waals surface area contributed by atoms with Gasteiger partial charge in [0.1, 0.15) is 18.3 Å². The highest BCUT2D eigenvalue weighted by Crippen LogP contribution is 2.28. The van der Waals surface area contributed by atoms with Crippen LogP contribution in [0.25, 0.3) is 0 Å². The summed E-state index contributed by atoms with van der Waals surface area (Å²) in [6, 6.07) is 19.4. The lowest BCUT2D eigenvalue weighted by atomic mass is 10.0. The number of rotatable bonds is 12. The smallest absolute Gasteiger partial charge is 0.244 e. The van der Waals surface area contributed by atoms with Gasteiger partial charge in [-0.3, -0.25) is 13.9 Å². The Hall–Kier alpha value is -3.27. The number of halogens is 2. The van der Waals surface area contributed by atoms with E-state index in [2.05, 4.69) is 5.32 Å². The number of nitrogens with zero attached hydrogens (tertiary/aromatic N) is 2. The molecule has 0 fully saturated rings. The van der Waals surface area contributed by atoms with Crippen LogP contribution in [0.2, 0.25) is 10.0 Å². The Balaban J connectivity index is 2.09. The second-order valence-corrected chi connectivity index (χ2v) is 12.3. The number of methoxy groups -OCH3 is 1. The van der Waals surface area contributed by atoms with Crippen LogP contribution in [0.3, 0.4) is 0 Å². The molecule has 40 heavy (non-hydrogen) atoms. The fraction of sp³-hybridized carbons (Fsp3) is 0.310. The molecule has 0 unspecified atom stereocenters. The number of benzene rings is 3. The molecule has 3 rings (SSSR count). The first-order valence-electron chi connectivity index (χ1n) is 12.6. The lowest BCUT2D eigenvalue weighted by Crippen LogP contribution is -2.54. The summed E-state index contributed by atoms with van der Waals surface area (Å²) >= 11 is 12.9. The van der Waals surface area contributed by atoms with Crippen molar-refractivity contribution in [2.75, 3.05) is 24.2 Å². The van der Waals surface area contributed by atoms with Crippen molar-refractivity contribution in [3.63, 3.8) is 0 Å². The van der Waals surface area contributed by atoms with E-state index in [1.54, 1.807) is 42.5 Å². The van der Waals surface area contributed by atoms with Gasteiger partial charge >= 0.3 is 0 Å². The number of carbonyl (C=O) groups is 2. The standard InChI is InChI=1S/C29H33Cl2N3O5S/c1-20(2)32-29(36)27(17-21-9-6-5-7-10-21)33(18-24-25(30)11-8-12-26(24)31)28(35)19-34(40(4,37)38)22-13-15-23(39-3)16-14-22/h5-16,20,27H,17-19H2,1-4H3,(H,32,36)/t27-/m1/s1. The summed E-state index contributed by atoms with van der Waals surface area (Å²) in [5.41, 5.74) is 1.55. The van der Waals surface area contributed by atoms with Gasteiger partial charge in [0.25, 0.3) is 0 Å². The molecule has 0 aliphatic heterocycles. The molecular formula is C29H33Cl2N3O5S. The molecule has 0 aliphatic carbocycles. The normalized spacial score (nSPS) is 12.1. The predicted octanol–water partition coefficient (Wildman–Crippen LogP) is 4.93. The fourth-order valence-electron chi connectivity index (χ4n) is 4.15. The number of carbonyl (C=O) groups excluding carboxylic acids is 2. The molecule has 214 valence electrons. The van der Waals surface area contributed by atoms with Gasteiger partial charge in [0.2, 0.25) is 21.8 Å². The van der Waals surface area contributed by atoms with Gasteiger partial charge in [0.05, 0.1) is 19.1 Å². The highest BCUT2D eigenvalue weighted by Gasteiger charge is 2.34. The third kappa shape index (κ3) is 8.36. The van der Waals surface area contributed by atoms with Gasteiger partial charge in [-0.25, -0.2) is 8.42 Å². The van der Waals surface area contributed by atoms with Crippen LogP contribution in [0.1, 0.15) is 25.0 Å². The van der Waals surface area contributed by atoms with Crippen molar-refractivity contribution in [2.45, 2.75) is 38.9 Å². The first-order chi connectivity index (χ1) is 18.9. The van der Waals surface area contributed by atoms with Gasteiger partial charge in [-0.1, -0.05) is 59.6 Å². The molecule has 0 bridgehead atoms. The van der Waals surface area contributed by atoms with Crippen molar-refractivity contribution in [1.29, 1.82) is 0 Å². The number of sulfonamides is 1. The molecule has 0 aliphatic rings. The molecular weight excluding hydrogens is 573 g/mol. The zero-order chi connectivity index (χ0) is 29.4. The summed E-state index contributed by atoms with van der Waals surface area (Å²) < 4.78 is 31.9. The molecule has 1 N–H and O–H groups in total. The summed E-state index contributed by atoms with van der Waals surface area (Å²) in [5.74, 6) is -0.449. The van der Waals surface area contributed by atoms with E-state index in [1.165, 1.54) is 12.0 Å². The van der Waals surface area contributed by atoms with Gasteiger partial charge < -0.3 is 15.0 Å². The summed E-state index contributed by atoms with van der Waals surface area (Å²) in [7, 11) is -2.39. The van der Waals surface area contributed by atoms with Gasteiger partial charge in [-0.15, -0.1) is 0 Å². The number of anilines is 1. The van der Waals surface area contributed by atoms with E-state index in [0.717, 1.165) is 16.1 Å². The Kier molecular flexibility index (Phi) is 10.8. The second-order valence-electron chi connectivity index (χ2n) is 9.56. The summed E-state index contributed by atoms with van der Waals surface area (Å²) in [6.45, 7) is 2.99. The van der Waals surface area contributed by atoms with Crippen molar-refractivity contribution in [3.8, 4) is 5.75 Å². The molecule has 1 atom stereocenters. The largest absolute Gasteiger partial charge is 0.497 e. The number of hydrogen-bond donors (Lipinski definition) is 1. The second kappa shape index (κ2) is 13.9. The number of nitrogens with one attached hydrogen (secondary N) is 1. The van der Waals surface area contributed by atoms with Crippen LogP contribution < -0.4 is 14.4 Å². The van der Waals surface area contributed by atoms with Crippen molar-refractivity contribution in [2.24, 2.45) is 0 Å². The first kappa shape index (κ1) is 31.3. The van der Waals surface area contributed by atoms with Crippen LogP contribution in [-0.2, 0) is 32.6 Å². The van der Waals surface area contributed by atoms with Crippen molar-refractivity contribution < 1.29 is 22.7 Å². The molecule has 0 saturated carbocycles. The molecule has 0 heterocycles. The summed E-state index contributed by atoms with van der Waals surface area (Å²) in [6.07, 6.45) is 1.21. The molecule has 11 heteroatoms. The van der Waals surface area contributed by atoms with E-state index in [-0.39, 0.29) is 30.6 Å². The molecule has 0 saturated heterocycles. The van der Waals surface area contributed by atoms with Gasteiger partial charge in [0, 0.05) is 34.6 Å². The van der Waals surface area contributed by atoms with Crippen molar-refractivity contribution >= 4 is 50.7 Å². The van der Waals surface area contributed by atoms with Gasteiger partial charge in [0.15, 0.2) is 0 Å². The van der Waals surface area contributed by atoms with Crippen molar-refractivity contribution in [3.05, 3.63) is 94.0 Å². The molecule has 2 amide bonds. The Morgan fingerprint density at radius 3 is 2.05 bits per heavy atom. The lowest BCUT2D eigenvalue weighted by Gasteiger charge is -2.34. The molecule has 0 radical (unpaired) electrons. The third-order valence-corrected chi connectivity index (χ3v) is 7.98. The zero-order valence-electron chi connectivity index (χ0n) is 22.8. The Bertz CT molecular complexity index is 1400. The molecule has 0 aromatic heterocycles. The SMILES string of the molecule is COc1ccc(N(CC(=O)N(Cc2c(Cl)cccc2Cl)[C@H](Cc2ccccc2)C(=O)NC(C)C)S(C)(=O)=O)cc1. The highest BCUT2D eigenvalue weighted by molar-refractivity contribution is 7.92. The van der Waals surface area contributed by atoms with Gasteiger partial charge in [-0.2, -0.15) is 0 Å². The van der Waals surface area contributed by atoms with Gasteiger partial charge in [-0.05, 0) is 55.8 Å². The van der Waals surface area contributed by atoms with Crippen molar-refractivity contribution in [1.82, 2.24) is 10.2 Å². The average Bonchev–Trinajstić information content (AvgIpc) is 2.90. The number of amides is 2. The third-order valence-electron chi connectivity index (χ3n) is 6.13. The van der Waals surface area contributed by atoms with Crippen LogP contribution in [0.5, 0.6) is 5.75 Å². The summed E-state index contributed by atoms with van der Waals surface area (Å²) in [4.78, 5) is 29.0. The van der Waals surface area contributed by atoms with E-state index < -0.39 is 28.5 Å². The van der Waals surface area contributed by atoms with Crippen LogP contribution >= 0.6 is 23.2 Å². The monoisotopic (exact) mass is 605 g/mol. The predicted molar refractivity (Wildman–Crippen MR) is 159 cm³/mol. The minimum absolute atomic E-state index is 0.111. The molecule has 0 spiro atoms. The first-order valence-corrected chi connectivity index (χ1v) is 15.2. The molecule has 3 aromatic rings. The minimum Gasteiger partial charge on any atom is -0.497 e. The Labute approximate surface area is 245 Å². The topological polar surface area (TPSA) is 96.0 Å². The number of ether oxygens (including phenoxy) is 1. The van der Waals surface area contributed by atoms with Crippen LogP contribution in [0.4, 0.5) is 5.69 Å². The quantitative estimate of drug-likeness (QED) is 0.316. The zero-order valence-corrected chi connectivity index (χ0v) is 25.1. The van der Waals surface area contributed by atoms with E-state index in [4.69, 9.17) is 27.9 Å². The maximum Gasteiger partial charge on any atom is 0.244 e. The maximum absolute atomic E-state index is 14.1. The summed E-state index contributed by atoms with van der Waals surface area (Å²) in [5, 5.41) is 3.54. The highest BCUT2D eigenvalue weighted by atomic mass is 35.5. The van der Waals surface area contributed by atoms with E-state index in [0.29, 0.717) is 21.4 Å². The Morgan fingerprint density at radius 2 is 1.52 bits per heavy atom. The van der Waals surface area contributed by atoms with Crippen LogP contribution in [-0.4, -0.2) is 57.1 Å². The maximum atomic E-state index is 14.1. The van der Waals surface area contributed by atoms with E-state index in [9.17, 15) is 18.0 Å². The van der Waals surface area contributed by atoms with E-state index >= 15 is 0 Å². The van der Waals surface area contributed by atoms with E-state index in [1.807, 2.05) is 44.2 Å². The minimum atomic E-state index is -3.89. The molecule has 3 aromatic carbocycles. The molecule has 8 nitrogen and oxygen atoms in total. The van der Waals surface area contributed by atoms with Crippen LogP contribution in [0.15, 0.2) is 72.8 Å². The van der Waals surface area contributed by atoms with Crippen LogP contribution in [0, 0.1) is 0 Å². The lowest BCUT2D eigenvalue weighted by molar-refractivity contribution is -0.140. The number of hydrogen-bond acceptors (Lipinski definition) is 5. The average molecular weight is 607 g/mol.